The fourth-order valence-electron chi connectivity index (χ4n) is 5.19. The van der Waals surface area contributed by atoms with Crippen LogP contribution in [-0.2, 0) is 4.74 Å². The van der Waals surface area contributed by atoms with E-state index < -0.39 is 6.10 Å². The van der Waals surface area contributed by atoms with Gasteiger partial charge in [-0.1, -0.05) is 12.1 Å². The van der Waals surface area contributed by atoms with Gasteiger partial charge in [0.2, 0.25) is 0 Å². The van der Waals surface area contributed by atoms with Crippen LogP contribution in [0.15, 0.2) is 49.1 Å². The highest BCUT2D eigenvalue weighted by Gasteiger charge is 2.34. The Morgan fingerprint density at radius 1 is 1.00 bits per heavy atom. The molecule has 0 spiro atoms. The van der Waals surface area contributed by atoms with Crippen molar-refractivity contribution in [3.63, 3.8) is 0 Å². The van der Waals surface area contributed by atoms with Crippen LogP contribution in [0.1, 0.15) is 73.2 Å². The molecule has 3 aromatic rings. The van der Waals surface area contributed by atoms with E-state index >= 15 is 0 Å². The third kappa shape index (κ3) is 4.35. The van der Waals surface area contributed by atoms with Crippen LogP contribution in [-0.4, -0.2) is 34.8 Å². The van der Waals surface area contributed by atoms with Gasteiger partial charge in [-0.05, 0) is 85.6 Å². The molecule has 2 aliphatic rings. The summed E-state index contributed by atoms with van der Waals surface area (Å²) in [6, 6.07) is 10.7. The van der Waals surface area contributed by atoms with E-state index in [0.29, 0.717) is 31.0 Å². The molecule has 2 saturated carbocycles. The average Bonchev–Trinajstić information content (AvgIpc) is 3.55. The van der Waals surface area contributed by atoms with Gasteiger partial charge in [-0.25, -0.2) is 4.98 Å². The van der Waals surface area contributed by atoms with Crippen molar-refractivity contribution in [1.82, 2.24) is 9.38 Å². The van der Waals surface area contributed by atoms with E-state index in [9.17, 15) is 5.11 Å². The largest absolute Gasteiger partial charge is 0.491 e. The highest BCUT2D eigenvalue weighted by atomic mass is 16.5. The van der Waals surface area contributed by atoms with Gasteiger partial charge in [0.1, 0.15) is 12.4 Å². The van der Waals surface area contributed by atoms with Crippen LogP contribution in [0.4, 0.5) is 0 Å². The van der Waals surface area contributed by atoms with Crippen LogP contribution in [0.5, 0.6) is 5.75 Å². The molecule has 1 atom stereocenters. The molecule has 0 radical (unpaired) electrons. The predicted molar refractivity (Wildman–Crippen MR) is 121 cm³/mol. The number of aliphatic hydroxyl groups is 1. The van der Waals surface area contributed by atoms with Gasteiger partial charge in [0.25, 0.3) is 0 Å². The summed E-state index contributed by atoms with van der Waals surface area (Å²) in [5.74, 6) is 2.38. The van der Waals surface area contributed by atoms with Crippen LogP contribution in [0.25, 0.3) is 5.52 Å². The monoisotopic (exact) mass is 420 g/mol. The summed E-state index contributed by atoms with van der Waals surface area (Å²) in [6.45, 7) is 1.18. The molecule has 0 unspecified atom stereocenters. The lowest BCUT2D eigenvalue weighted by molar-refractivity contribution is 0.0810. The minimum atomic E-state index is -0.409. The second-order valence-corrected chi connectivity index (χ2v) is 9.11. The molecule has 2 fully saturated rings. The summed E-state index contributed by atoms with van der Waals surface area (Å²) in [7, 11) is 1.68. The molecule has 5 rings (SSSR count). The number of rotatable bonds is 8. The summed E-state index contributed by atoms with van der Waals surface area (Å²) in [6.07, 6.45) is 12.2. The van der Waals surface area contributed by atoms with Crippen molar-refractivity contribution in [3.05, 3.63) is 65.7 Å². The first-order valence-corrected chi connectivity index (χ1v) is 11.6. The molecule has 2 aliphatic carbocycles. The number of ether oxygens (including phenoxy) is 2. The van der Waals surface area contributed by atoms with Crippen molar-refractivity contribution in [2.45, 2.75) is 56.5 Å². The summed E-state index contributed by atoms with van der Waals surface area (Å²) < 4.78 is 12.8. The average molecular weight is 421 g/mol. The zero-order chi connectivity index (χ0) is 21.2. The lowest BCUT2D eigenvalue weighted by Crippen LogP contribution is -2.21. The number of pyridine rings is 1. The minimum absolute atomic E-state index is 0.312. The van der Waals surface area contributed by atoms with E-state index in [1.807, 2.05) is 16.9 Å². The Balaban J connectivity index is 1.25. The normalized spacial score (nSPS) is 22.5. The third-order valence-corrected chi connectivity index (χ3v) is 7.11. The summed E-state index contributed by atoms with van der Waals surface area (Å²) in [5.41, 5.74) is 4.92. The van der Waals surface area contributed by atoms with E-state index in [1.54, 1.807) is 7.11 Å². The number of hydrogen-bond donors (Lipinski definition) is 1. The fourth-order valence-corrected chi connectivity index (χ4v) is 5.19. The molecule has 2 heterocycles. The first-order valence-electron chi connectivity index (χ1n) is 11.6. The quantitative estimate of drug-likeness (QED) is 0.506. The molecule has 2 aromatic heterocycles. The Morgan fingerprint density at radius 3 is 2.45 bits per heavy atom. The topological polar surface area (TPSA) is 56.0 Å². The zero-order valence-corrected chi connectivity index (χ0v) is 18.2. The molecule has 5 heteroatoms. The van der Waals surface area contributed by atoms with Gasteiger partial charge in [0, 0.05) is 18.9 Å². The van der Waals surface area contributed by atoms with Gasteiger partial charge in [0.05, 0.1) is 30.8 Å². The summed E-state index contributed by atoms with van der Waals surface area (Å²) in [5, 5.41) is 11.4. The van der Waals surface area contributed by atoms with Gasteiger partial charge < -0.3 is 19.0 Å². The zero-order valence-electron chi connectivity index (χ0n) is 18.2. The molecular formula is C26H32N2O3. The van der Waals surface area contributed by atoms with Crippen molar-refractivity contribution in [1.29, 1.82) is 0 Å². The van der Waals surface area contributed by atoms with Crippen LogP contribution >= 0.6 is 0 Å². The van der Waals surface area contributed by atoms with E-state index in [1.165, 1.54) is 24.0 Å². The standard InChI is InChI=1S/C26H32N2O3/c1-30-14-15-31-22-10-8-19(9-11-22)18-2-6-21(7-3-18)26(29)25-23(20-4-5-20)12-13-28-17-27-16-24(25)28/h8-13,16-18,20-21,26,29H,2-7,14-15H2,1H3/t18-,21-,26-/m0/s1. The maximum Gasteiger partial charge on any atom is 0.119 e. The number of benzene rings is 1. The molecule has 0 amide bonds. The molecule has 1 aromatic carbocycles. The molecule has 5 nitrogen and oxygen atoms in total. The number of hydrogen-bond acceptors (Lipinski definition) is 4. The van der Waals surface area contributed by atoms with Crippen molar-refractivity contribution < 1.29 is 14.6 Å². The van der Waals surface area contributed by atoms with E-state index in [2.05, 4.69) is 41.5 Å². The van der Waals surface area contributed by atoms with Crippen LogP contribution < -0.4 is 4.74 Å². The lowest BCUT2D eigenvalue weighted by Gasteiger charge is -2.33. The second kappa shape index (κ2) is 9.01. The van der Waals surface area contributed by atoms with Gasteiger partial charge in [-0.2, -0.15) is 0 Å². The van der Waals surface area contributed by atoms with Gasteiger partial charge in [0.15, 0.2) is 0 Å². The Bertz CT molecular complexity index is 1000. The van der Waals surface area contributed by atoms with E-state index in [-0.39, 0.29) is 0 Å². The Kier molecular flexibility index (Phi) is 5.97. The highest BCUT2D eigenvalue weighted by molar-refractivity contribution is 5.59. The van der Waals surface area contributed by atoms with Crippen LogP contribution in [0.2, 0.25) is 0 Å². The number of methoxy groups -OCH3 is 1. The number of aliphatic hydroxyl groups excluding tert-OH is 1. The summed E-state index contributed by atoms with van der Waals surface area (Å²) >= 11 is 0. The third-order valence-electron chi connectivity index (χ3n) is 7.11. The Morgan fingerprint density at radius 2 is 1.74 bits per heavy atom. The van der Waals surface area contributed by atoms with Crippen LogP contribution in [0, 0.1) is 5.92 Å². The number of aromatic nitrogens is 2. The molecule has 0 bridgehead atoms. The van der Waals surface area contributed by atoms with Gasteiger partial charge in [-0.15, -0.1) is 0 Å². The first-order chi connectivity index (χ1) is 15.2. The van der Waals surface area contributed by atoms with E-state index in [4.69, 9.17) is 9.47 Å². The van der Waals surface area contributed by atoms with Gasteiger partial charge in [-0.3, -0.25) is 0 Å². The maximum atomic E-state index is 11.4. The van der Waals surface area contributed by atoms with Crippen molar-refractivity contribution in [2.24, 2.45) is 5.92 Å². The predicted octanol–water partition coefficient (Wildman–Crippen LogP) is 5.24. The Hall–Kier alpha value is -2.37. The molecule has 31 heavy (non-hydrogen) atoms. The molecule has 1 N–H and O–H groups in total. The highest BCUT2D eigenvalue weighted by Crippen LogP contribution is 2.48. The molecule has 164 valence electrons. The lowest BCUT2D eigenvalue weighted by atomic mass is 9.75. The molecule has 0 aliphatic heterocycles. The van der Waals surface area contributed by atoms with Crippen LogP contribution in [0.3, 0.4) is 0 Å². The SMILES string of the molecule is COCCOc1ccc([C@H]2CC[C@H]([C@H](O)c3c(C4CC4)ccn4cncc34)CC2)cc1. The van der Waals surface area contributed by atoms with Gasteiger partial charge >= 0.3 is 0 Å². The number of nitrogens with zero attached hydrogens (tertiary/aromatic N) is 2. The minimum Gasteiger partial charge on any atom is -0.491 e. The molecule has 0 saturated heterocycles. The second-order valence-electron chi connectivity index (χ2n) is 9.11. The maximum absolute atomic E-state index is 11.4. The smallest absolute Gasteiger partial charge is 0.119 e. The number of fused-ring (bicyclic) bond motifs is 1. The molecular weight excluding hydrogens is 388 g/mol. The fraction of sp³-hybridized carbons (Fsp3) is 0.500. The summed E-state index contributed by atoms with van der Waals surface area (Å²) in [4.78, 5) is 4.33. The van der Waals surface area contributed by atoms with E-state index in [0.717, 1.165) is 42.5 Å². The number of imidazole rings is 1. The van der Waals surface area contributed by atoms with Crippen molar-refractivity contribution >= 4 is 5.52 Å². The van der Waals surface area contributed by atoms with Crippen molar-refractivity contribution in [3.8, 4) is 5.75 Å². The first kappa shape index (κ1) is 20.5. The Labute approximate surface area is 184 Å². The van der Waals surface area contributed by atoms with Crippen molar-refractivity contribution in [2.75, 3.05) is 20.3 Å².